The number of nitrogens with two attached hydrogens (primary N) is 1. The van der Waals surface area contributed by atoms with E-state index in [-0.39, 0.29) is 11.9 Å². The summed E-state index contributed by atoms with van der Waals surface area (Å²) in [6, 6.07) is 17.3. The first-order valence-electron chi connectivity index (χ1n) is 10.1. The number of amides is 3. The molecule has 0 bridgehead atoms. The van der Waals surface area contributed by atoms with Gasteiger partial charge in [0.25, 0.3) is 0 Å². The lowest BCUT2D eigenvalue weighted by Crippen LogP contribution is -2.50. The van der Waals surface area contributed by atoms with Gasteiger partial charge in [0.1, 0.15) is 12.4 Å². The molecule has 1 heterocycles. The third-order valence-electron chi connectivity index (χ3n) is 4.81. The molecule has 3 N–H and O–H groups in total. The highest BCUT2D eigenvalue weighted by Gasteiger charge is 2.21. The number of hydrogen-bond donors (Lipinski definition) is 2. The smallest absolute Gasteiger partial charge is 0.321 e. The van der Waals surface area contributed by atoms with Gasteiger partial charge < -0.3 is 20.7 Å². The molecular weight excluding hydrogens is 400 g/mol. The van der Waals surface area contributed by atoms with Crippen LogP contribution in [0.4, 0.5) is 10.5 Å². The van der Waals surface area contributed by atoms with Crippen LogP contribution in [0.3, 0.4) is 0 Å². The monoisotopic (exact) mass is 428 g/mol. The van der Waals surface area contributed by atoms with Crippen molar-refractivity contribution in [2.24, 2.45) is 5.73 Å². The molecule has 0 spiro atoms. The molecule has 0 unspecified atom stereocenters. The Morgan fingerprint density at radius 1 is 1.00 bits per heavy atom. The fraction of sp³-hybridized carbons (Fsp3) is 0.364. The Kier molecular flexibility index (Phi) is 8.41. The minimum absolute atomic E-state index is 0.0989. The number of hydrogen-bond acceptors (Lipinski definition) is 5. The van der Waals surface area contributed by atoms with E-state index in [0.29, 0.717) is 31.9 Å². The number of ether oxygens (including phenoxy) is 1. The molecule has 1 aliphatic rings. The second-order valence-electron chi connectivity index (χ2n) is 6.98. The van der Waals surface area contributed by atoms with Crippen LogP contribution in [0, 0.1) is 0 Å². The van der Waals surface area contributed by atoms with Crippen molar-refractivity contribution in [3.8, 4) is 5.75 Å². The van der Waals surface area contributed by atoms with Crippen LogP contribution < -0.4 is 15.8 Å². The van der Waals surface area contributed by atoms with Crippen LogP contribution in [0.1, 0.15) is 6.42 Å². The molecule has 8 heteroatoms. The van der Waals surface area contributed by atoms with Crippen molar-refractivity contribution in [2.75, 3.05) is 50.4 Å². The molecule has 3 amide bonds. The summed E-state index contributed by atoms with van der Waals surface area (Å²) in [5, 5.41) is 3.00. The molecule has 160 valence electrons. The summed E-state index contributed by atoms with van der Waals surface area (Å²) in [5.41, 5.74) is 5.96. The molecule has 7 nitrogen and oxygen atoms in total. The summed E-state index contributed by atoms with van der Waals surface area (Å²) in [7, 11) is 0. The number of nitrogens with one attached hydrogen (secondary N) is 1. The molecule has 30 heavy (non-hydrogen) atoms. The quantitative estimate of drug-likeness (QED) is 0.600. The Bertz CT molecular complexity index is 826. The maximum atomic E-state index is 12.7. The average Bonchev–Trinajstić information content (AvgIpc) is 2.76. The summed E-state index contributed by atoms with van der Waals surface area (Å²) < 4.78 is 5.76. The summed E-state index contributed by atoms with van der Waals surface area (Å²) in [6.45, 7) is 4.46. The van der Waals surface area contributed by atoms with Crippen molar-refractivity contribution < 1.29 is 14.3 Å². The normalized spacial score (nSPS) is 14.3. The molecule has 0 aromatic heterocycles. The van der Waals surface area contributed by atoms with E-state index in [0.717, 1.165) is 36.0 Å². The van der Waals surface area contributed by atoms with Crippen molar-refractivity contribution in [2.45, 2.75) is 11.3 Å². The number of carbonyl (C=O) groups is 2. The van der Waals surface area contributed by atoms with E-state index in [9.17, 15) is 9.59 Å². The largest absolute Gasteiger partial charge is 0.492 e. The molecule has 3 rings (SSSR count). The van der Waals surface area contributed by atoms with Gasteiger partial charge in [0.05, 0.1) is 5.69 Å². The Morgan fingerprint density at radius 2 is 1.70 bits per heavy atom. The average molecular weight is 429 g/mol. The predicted octanol–water partition coefficient (Wildman–Crippen LogP) is 2.88. The molecule has 1 fully saturated rings. The fourth-order valence-electron chi connectivity index (χ4n) is 3.14. The predicted molar refractivity (Wildman–Crippen MR) is 120 cm³/mol. The fourth-order valence-corrected chi connectivity index (χ4v) is 4.11. The van der Waals surface area contributed by atoms with Crippen LogP contribution in [0.25, 0.3) is 0 Å². The van der Waals surface area contributed by atoms with E-state index >= 15 is 0 Å². The van der Waals surface area contributed by atoms with Crippen molar-refractivity contribution in [3.05, 3.63) is 54.6 Å². The summed E-state index contributed by atoms with van der Waals surface area (Å²) in [6.07, 6.45) is 0.308. The number of para-hydroxylation sites is 2. The third-order valence-corrected chi connectivity index (χ3v) is 5.89. The van der Waals surface area contributed by atoms with Gasteiger partial charge in [-0.25, -0.2) is 4.79 Å². The molecule has 0 aliphatic carbocycles. The SMILES string of the molecule is NC(=O)CCSc1ccccc1NC(=O)N1CCN(CCOc2ccccc2)CC1. The first kappa shape index (κ1) is 22.0. The minimum Gasteiger partial charge on any atom is -0.492 e. The van der Waals surface area contributed by atoms with Gasteiger partial charge >= 0.3 is 6.03 Å². The van der Waals surface area contributed by atoms with Crippen LogP contribution in [-0.2, 0) is 4.79 Å². The van der Waals surface area contributed by atoms with Gasteiger partial charge in [-0.2, -0.15) is 0 Å². The molecule has 2 aromatic rings. The first-order valence-corrected chi connectivity index (χ1v) is 11.1. The lowest BCUT2D eigenvalue weighted by molar-refractivity contribution is -0.117. The van der Waals surface area contributed by atoms with E-state index in [4.69, 9.17) is 10.5 Å². The van der Waals surface area contributed by atoms with Crippen LogP contribution in [-0.4, -0.2) is 66.8 Å². The zero-order valence-electron chi connectivity index (χ0n) is 17.0. The highest BCUT2D eigenvalue weighted by molar-refractivity contribution is 7.99. The molecular formula is C22H28N4O3S. The topological polar surface area (TPSA) is 87.9 Å². The number of rotatable bonds is 9. The molecule has 0 atom stereocenters. The maximum absolute atomic E-state index is 12.7. The van der Waals surface area contributed by atoms with Gasteiger partial charge in [-0.15, -0.1) is 11.8 Å². The van der Waals surface area contributed by atoms with Crippen molar-refractivity contribution >= 4 is 29.4 Å². The van der Waals surface area contributed by atoms with E-state index in [1.54, 1.807) is 0 Å². The van der Waals surface area contributed by atoms with Crippen LogP contribution >= 0.6 is 11.8 Å². The Morgan fingerprint density at radius 3 is 2.43 bits per heavy atom. The molecule has 2 aromatic carbocycles. The number of urea groups is 1. The minimum atomic E-state index is -0.323. The van der Waals surface area contributed by atoms with Gasteiger partial charge in [-0.1, -0.05) is 30.3 Å². The van der Waals surface area contributed by atoms with Gasteiger partial charge in [-0.05, 0) is 24.3 Å². The number of primary amides is 1. The van der Waals surface area contributed by atoms with E-state index < -0.39 is 0 Å². The molecule has 0 saturated carbocycles. The number of benzene rings is 2. The van der Waals surface area contributed by atoms with E-state index in [1.807, 2.05) is 59.5 Å². The van der Waals surface area contributed by atoms with E-state index in [2.05, 4.69) is 10.2 Å². The number of anilines is 1. The van der Waals surface area contributed by atoms with Crippen LogP contribution in [0.15, 0.2) is 59.5 Å². The zero-order valence-corrected chi connectivity index (χ0v) is 17.8. The van der Waals surface area contributed by atoms with Gasteiger partial charge in [0, 0.05) is 49.8 Å². The number of carbonyl (C=O) groups excluding carboxylic acids is 2. The second kappa shape index (κ2) is 11.5. The molecule has 1 aliphatic heterocycles. The zero-order chi connectivity index (χ0) is 21.2. The third kappa shape index (κ3) is 6.96. The van der Waals surface area contributed by atoms with Crippen molar-refractivity contribution in [3.63, 3.8) is 0 Å². The van der Waals surface area contributed by atoms with Crippen molar-refractivity contribution in [1.29, 1.82) is 0 Å². The maximum Gasteiger partial charge on any atom is 0.321 e. The first-order chi connectivity index (χ1) is 14.6. The van der Waals surface area contributed by atoms with Gasteiger partial charge in [0.15, 0.2) is 0 Å². The lowest BCUT2D eigenvalue weighted by Gasteiger charge is -2.34. The Labute approximate surface area is 181 Å². The van der Waals surface area contributed by atoms with Gasteiger partial charge in [0.2, 0.25) is 5.91 Å². The number of thioether (sulfide) groups is 1. The number of piperazine rings is 1. The van der Waals surface area contributed by atoms with Crippen molar-refractivity contribution in [1.82, 2.24) is 9.80 Å². The molecule has 0 radical (unpaired) electrons. The van der Waals surface area contributed by atoms with Gasteiger partial charge in [-0.3, -0.25) is 9.69 Å². The Hall–Kier alpha value is -2.71. The lowest BCUT2D eigenvalue weighted by atomic mass is 10.3. The second-order valence-corrected chi connectivity index (χ2v) is 8.12. The summed E-state index contributed by atoms with van der Waals surface area (Å²) in [4.78, 5) is 28.7. The summed E-state index contributed by atoms with van der Waals surface area (Å²) >= 11 is 1.52. The summed E-state index contributed by atoms with van der Waals surface area (Å²) in [5.74, 6) is 1.14. The highest BCUT2D eigenvalue weighted by atomic mass is 32.2. The molecule has 1 saturated heterocycles. The van der Waals surface area contributed by atoms with E-state index in [1.165, 1.54) is 11.8 Å². The van der Waals surface area contributed by atoms with Crippen LogP contribution in [0.2, 0.25) is 0 Å². The highest BCUT2D eigenvalue weighted by Crippen LogP contribution is 2.27. The van der Waals surface area contributed by atoms with Crippen LogP contribution in [0.5, 0.6) is 5.75 Å². The number of nitrogens with zero attached hydrogens (tertiary/aromatic N) is 2. The standard InChI is InChI=1S/C22H28N4O3S/c23-21(27)10-17-30-20-9-5-4-8-19(20)24-22(28)26-13-11-25(12-14-26)15-16-29-18-6-2-1-3-7-18/h1-9H,10-17H2,(H2,23,27)(H,24,28). The Balaban J connectivity index is 1.41.